The number of rotatable bonds is 3. The van der Waals surface area contributed by atoms with Gasteiger partial charge < -0.3 is 5.32 Å². The molecule has 1 aromatic rings. The summed E-state index contributed by atoms with van der Waals surface area (Å²) < 4.78 is 12.8. The number of benzene rings is 1. The Labute approximate surface area is 94.6 Å². The first-order valence-corrected chi connectivity index (χ1v) is 5.81. The van der Waals surface area contributed by atoms with Crippen molar-refractivity contribution in [2.75, 3.05) is 0 Å². The van der Waals surface area contributed by atoms with Gasteiger partial charge in [-0.25, -0.2) is 4.39 Å². The fourth-order valence-electron chi connectivity index (χ4n) is 2.05. The first-order chi connectivity index (χ1) is 7.25. The highest BCUT2D eigenvalue weighted by Crippen LogP contribution is 2.20. The molecule has 0 bridgehead atoms. The van der Waals surface area contributed by atoms with E-state index in [1.807, 2.05) is 0 Å². The van der Waals surface area contributed by atoms with E-state index in [1.54, 1.807) is 6.07 Å². The molecular weight excluding hydrogens is 213 g/mol. The van der Waals surface area contributed by atoms with Crippen molar-refractivity contribution in [3.8, 4) is 0 Å². The summed E-state index contributed by atoms with van der Waals surface area (Å²) in [6.45, 7) is 0.740. The minimum absolute atomic E-state index is 0.274. The summed E-state index contributed by atoms with van der Waals surface area (Å²) in [7, 11) is 0. The fourth-order valence-corrected chi connectivity index (χ4v) is 2.28. The Morgan fingerprint density at radius 2 is 2.07 bits per heavy atom. The van der Waals surface area contributed by atoms with E-state index in [0.29, 0.717) is 11.1 Å². The quantitative estimate of drug-likeness (QED) is 0.833. The van der Waals surface area contributed by atoms with Crippen LogP contribution < -0.4 is 5.32 Å². The van der Waals surface area contributed by atoms with Crippen LogP contribution in [0, 0.1) is 5.82 Å². The Morgan fingerprint density at radius 1 is 1.33 bits per heavy atom. The van der Waals surface area contributed by atoms with Crippen molar-refractivity contribution in [1.82, 2.24) is 5.32 Å². The van der Waals surface area contributed by atoms with Gasteiger partial charge in [0, 0.05) is 17.6 Å². The van der Waals surface area contributed by atoms with Crippen LogP contribution in [0.15, 0.2) is 18.2 Å². The van der Waals surface area contributed by atoms with E-state index >= 15 is 0 Å². The second-order valence-electron chi connectivity index (χ2n) is 4.10. The SMILES string of the molecule is Fc1ccc(CNC2CCCC2)c(Cl)c1. The molecule has 3 heteroatoms. The minimum atomic E-state index is -0.274. The predicted molar refractivity (Wildman–Crippen MR) is 60.5 cm³/mol. The van der Waals surface area contributed by atoms with Crippen LogP contribution in [-0.2, 0) is 6.54 Å². The first kappa shape index (κ1) is 10.9. The Morgan fingerprint density at radius 3 is 2.73 bits per heavy atom. The zero-order valence-electron chi connectivity index (χ0n) is 8.60. The van der Waals surface area contributed by atoms with E-state index in [4.69, 9.17) is 11.6 Å². The van der Waals surface area contributed by atoms with E-state index in [2.05, 4.69) is 5.32 Å². The summed E-state index contributed by atoms with van der Waals surface area (Å²) in [5, 5.41) is 3.97. The third-order valence-corrected chi connectivity index (χ3v) is 3.30. The molecule has 0 unspecified atom stereocenters. The lowest BCUT2D eigenvalue weighted by molar-refractivity contribution is 0.523. The normalized spacial score (nSPS) is 17.2. The van der Waals surface area contributed by atoms with Gasteiger partial charge in [-0.2, -0.15) is 0 Å². The van der Waals surface area contributed by atoms with Crippen LogP contribution in [0.3, 0.4) is 0 Å². The third-order valence-electron chi connectivity index (χ3n) is 2.95. The van der Waals surface area contributed by atoms with Gasteiger partial charge in [0.15, 0.2) is 0 Å². The van der Waals surface area contributed by atoms with Crippen molar-refractivity contribution >= 4 is 11.6 Å². The van der Waals surface area contributed by atoms with Gasteiger partial charge >= 0.3 is 0 Å². The van der Waals surface area contributed by atoms with E-state index < -0.39 is 0 Å². The zero-order valence-corrected chi connectivity index (χ0v) is 9.36. The third kappa shape index (κ3) is 2.93. The maximum absolute atomic E-state index is 12.8. The Hall–Kier alpha value is -0.600. The molecule has 0 heterocycles. The smallest absolute Gasteiger partial charge is 0.124 e. The molecule has 0 radical (unpaired) electrons. The second-order valence-corrected chi connectivity index (χ2v) is 4.51. The Balaban J connectivity index is 1.92. The van der Waals surface area contributed by atoms with Gasteiger partial charge in [0.05, 0.1) is 0 Å². The van der Waals surface area contributed by atoms with Gasteiger partial charge in [-0.05, 0) is 30.5 Å². The average Bonchev–Trinajstić information content (AvgIpc) is 2.69. The molecule has 15 heavy (non-hydrogen) atoms. The van der Waals surface area contributed by atoms with Crippen LogP contribution in [-0.4, -0.2) is 6.04 Å². The lowest BCUT2D eigenvalue weighted by Crippen LogP contribution is -2.25. The summed E-state index contributed by atoms with van der Waals surface area (Å²) in [6.07, 6.45) is 5.13. The number of hydrogen-bond donors (Lipinski definition) is 1. The topological polar surface area (TPSA) is 12.0 Å². The van der Waals surface area contributed by atoms with E-state index in [0.717, 1.165) is 12.1 Å². The summed E-state index contributed by atoms with van der Waals surface area (Å²) in [5.74, 6) is -0.274. The molecule has 1 nitrogen and oxygen atoms in total. The summed E-state index contributed by atoms with van der Waals surface area (Å²) in [4.78, 5) is 0. The predicted octanol–water partition coefficient (Wildman–Crippen LogP) is 3.51. The fraction of sp³-hybridized carbons (Fsp3) is 0.500. The minimum Gasteiger partial charge on any atom is -0.310 e. The lowest BCUT2D eigenvalue weighted by atomic mass is 10.2. The highest BCUT2D eigenvalue weighted by Gasteiger charge is 2.14. The first-order valence-electron chi connectivity index (χ1n) is 5.43. The summed E-state index contributed by atoms with van der Waals surface area (Å²) in [6, 6.07) is 5.19. The van der Waals surface area contributed by atoms with Crippen LogP contribution >= 0.6 is 11.6 Å². The molecule has 1 aliphatic carbocycles. The van der Waals surface area contributed by atoms with Crippen LogP contribution in [0.5, 0.6) is 0 Å². The highest BCUT2D eigenvalue weighted by atomic mass is 35.5. The van der Waals surface area contributed by atoms with Crippen LogP contribution in [0.25, 0.3) is 0 Å². The molecule has 2 rings (SSSR count). The second kappa shape index (κ2) is 4.95. The molecule has 1 N–H and O–H groups in total. The molecule has 0 spiro atoms. The molecule has 1 fully saturated rings. The van der Waals surface area contributed by atoms with Gasteiger partial charge in [0.1, 0.15) is 5.82 Å². The standard InChI is InChI=1S/C12H15ClFN/c13-12-7-10(14)6-5-9(12)8-15-11-3-1-2-4-11/h5-7,11,15H,1-4,8H2. The van der Waals surface area contributed by atoms with Gasteiger partial charge in [0.25, 0.3) is 0 Å². The monoisotopic (exact) mass is 227 g/mol. The van der Waals surface area contributed by atoms with E-state index in [-0.39, 0.29) is 5.82 Å². The molecule has 1 saturated carbocycles. The van der Waals surface area contributed by atoms with Crippen LogP contribution in [0.1, 0.15) is 31.2 Å². The van der Waals surface area contributed by atoms with Crippen molar-refractivity contribution in [3.63, 3.8) is 0 Å². The van der Waals surface area contributed by atoms with Gasteiger partial charge in [-0.15, -0.1) is 0 Å². The van der Waals surface area contributed by atoms with E-state index in [1.165, 1.54) is 37.8 Å². The maximum atomic E-state index is 12.8. The van der Waals surface area contributed by atoms with Crippen LogP contribution in [0.2, 0.25) is 5.02 Å². The maximum Gasteiger partial charge on any atom is 0.124 e. The molecule has 0 atom stereocenters. The molecule has 0 amide bonds. The molecule has 0 saturated heterocycles. The van der Waals surface area contributed by atoms with Crippen molar-refractivity contribution in [1.29, 1.82) is 0 Å². The summed E-state index contributed by atoms with van der Waals surface area (Å²) >= 11 is 5.93. The van der Waals surface area contributed by atoms with Crippen LogP contribution in [0.4, 0.5) is 4.39 Å². The van der Waals surface area contributed by atoms with E-state index in [9.17, 15) is 4.39 Å². The Bertz CT molecular complexity index is 334. The van der Waals surface area contributed by atoms with Crippen molar-refractivity contribution in [2.45, 2.75) is 38.3 Å². The molecule has 82 valence electrons. The molecule has 0 aromatic heterocycles. The summed E-state index contributed by atoms with van der Waals surface area (Å²) in [5.41, 5.74) is 0.977. The number of halogens is 2. The number of nitrogens with one attached hydrogen (secondary N) is 1. The highest BCUT2D eigenvalue weighted by molar-refractivity contribution is 6.31. The van der Waals surface area contributed by atoms with Crippen molar-refractivity contribution in [3.05, 3.63) is 34.6 Å². The number of hydrogen-bond acceptors (Lipinski definition) is 1. The Kier molecular flexibility index (Phi) is 3.60. The lowest BCUT2D eigenvalue weighted by Gasteiger charge is -2.12. The zero-order chi connectivity index (χ0) is 10.7. The molecule has 1 aliphatic rings. The van der Waals surface area contributed by atoms with Gasteiger partial charge in [-0.3, -0.25) is 0 Å². The largest absolute Gasteiger partial charge is 0.310 e. The van der Waals surface area contributed by atoms with Crippen molar-refractivity contribution < 1.29 is 4.39 Å². The van der Waals surface area contributed by atoms with Gasteiger partial charge in [-0.1, -0.05) is 30.5 Å². The van der Waals surface area contributed by atoms with Gasteiger partial charge in [0.2, 0.25) is 0 Å². The van der Waals surface area contributed by atoms with Crippen molar-refractivity contribution in [2.24, 2.45) is 0 Å². The molecule has 1 aromatic carbocycles. The average molecular weight is 228 g/mol. The molecule has 0 aliphatic heterocycles. The molecular formula is C12H15ClFN.